The van der Waals surface area contributed by atoms with Gasteiger partial charge in [-0.2, -0.15) is 5.26 Å². The minimum Gasteiger partial charge on any atom is -0.354 e. The van der Waals surface area contributed by atoms with Gasteiger partial charge in [0.15, 0.2) is 0 Å². The van der Waals surface area contributed by atoms with Crippen LogP contribution in [-0.4, -0.2) is 42.0 Å². The zero-order valence-electron chi connectivity index (χ0n) is 17.6. The number of benzene rings is 2. The van der Waals surface area contributed by atoms with E-state index < -0.39 is 0 Å². The van der Waals surface area contributed by atoms with Crippen LogP contribution in [0.15, 0.2) is 72.9 Å². The number of carbonyl (C=O) groups is 1. The van der Waals surface area contributed by atoms with Gasteiger partial charge in [0, 0.05) is 37.9 Å². The van der Waals surface area contributed by atoms with Gasteiger partial charge in [-0.25, -0.2) is 4.98 Å². The van der Waals surface area contributed by atoms with Crippen molar-refractivity contribution in [2.75, 3.05) is 31.1 Å². The largest absolute Gasteiger partial charge is 0.354 e. The molecule has 3 aromatic rings. The maximum Gasteiger partial charge on any atom is 0.254 e. The standard InChI is InChI=1S/C26H26N4O/c27-20-23-11-6-15-28-25(23)29-16-7-17-30(19-18-29)26(31)24-12-5-4-10-22(24)14-13-21-8-2-1-3-9-21/h1-6,8-12,15H,7,13-14,16-19H2. The van der Waals surface area contributed by atoms with Gasteiger partial charge in [0.05, 0.1) is 5.56 Å². The van der Waals surface area contributed by atoms with E-state index in [0.717, 1.165) is 36.9 Å². The van der Waals surface area contributed by atoms with Crippen molar-refractivity contribution in [1.29, 1.82) is 5.26 Å². The van der Waals surface area contributed by atoms with E-state index >= 15 is 0 Å². The molecule has 2 heterocycles. The van der Waals surface area contributed by atoms with Crippen molar-refractivity contribution < 1.29 is 4.79 Å². The molecule has 0 N–H and O–H groups in total. The first-order valence-corrected chi connectivity index (χ1v) is 10.8. The number of rotatable bonds is 5. The average molecular weight is 411 g/mol. The smallest absolute Gasteiger partial charge is 0.254 e. The molecule has 0 spiro atoms. The molecule has 5 heteroatoms. The van der Waals surface area contributed by atoms with Crippen molar-refractivity contribution in [1.82, 2.24) is 9.88 Å². The molecule has 2 aromatic carbocycles. The minimum absolute atomic E-state index is 0.0899. The predicted molar refractivity (Wildman–Crippen MR) is 122 cm³/mol. The van der Waals surface area contributed by atoms with Gasteiger partial charge in [-0.15, -0.1) is 0 Å². The van der Waals surface area contributed by atoms with Crippen LogP contribution in [0.4, 0.5) is 5.82 Å². The monoisotopic (exact) mass is 410 g/mol. The van der Waals surface area contributed by atoms with E-state index in [1.54, 1.807) is 18.3 Å². The summed E-state index contributed by atoms with van der Waals surface area (Å²) in [5.41, 5.74) is 3.74. The molecule has 156 valence electrons. The number of anilines is 1. The number of hydrogen-bond donors (Lipinski definition) is 0. The van der Waals surface area contributed by atoms with E-state index in [-0.39, 0.29) is 5.91 Å². The molecule has 0 atom stereocenters. The number of nitriles is 1. The lowest BCUT2D eigenvalue weighted by Crippen LogP contribution is -2.36. The topological polar surface area (TPSA) is 60.2 Å². The third-order valence-electron chi connectivity index (χ3n) is 5.76. The van der Waals surface area contributed by atoms with Crippen LogP contribution in [0.3, 0.4) is 0 Å². The Morgan fingerprint density at radius 2 is 1.71 bits per heavy atom. The molecule has 0 unspecified atom stereocenters. The molecular weight excluding hydrogens is 384 g/mol. The molecule has 0 bridgehead atoms. The molecule has 1 aromatic heterocycles. The van der Waals surface area contributed by atoms with Gasteiger partial charge in [0.2, 0.25) is 0 Å². The highest BCUT2D eigenvalue weighted by atomic mass is 16.2. The van der Waals surface area contributed by atoms with Crippen LogP contribution in [-0.2, 0) is 12.8 Å². The van der Waals surface area contributed by atoms with E-state index in [0.29, 0.717) is 31.0 Å². The summed E-state index contributed by atoms with van der Waals surface area (Å²) in [5.74, 6) is 0.801. The van der Waals surface area contributed by atoms with Crippen LogP contribution in [0.1, 0.15) is 33.5 Å². The van der Waals surface area contributed by atoms with Crippen molar-refractivity contribution in [2.24, 2.45) is 0 Å². The summed E-state index contributed by atoms with van der Waals surface area (Å²) in [6.07, 6.45) is 4.31. The summed E-state index contributed by atoms with van der Waals surface area (Å²) < 4.78 is 0. The highest BCUT2D eigenvalue weighted by Crippen LogP contribution is 2.20. The van der Waals surface area contributed by atoms with Crippen molar-refractivity contribution in [3.05, 3.63) is 95.2 Å². The molecule has 1 fully saturated rings. The number of amides is 1. The zero-order valence-corrected chi connectivity index (χ0v) is 17.6. The molecule has 5 nitrogen and oxygen atoms in total. The first kappa shape index (κ1) is 20.6. The van der Waals surface area contributed by atoms with Crippen molar-refractivity contribution in [3.8, 4) is 6.07 Å². The number of aromatic nitrogens is 1. The van der Waals surface area contributed by atoms with E-state index in [9.17, 15) is 10.1 Å². The number of nitrogens with zero attached hydrogens (tertiary/aromatic N) is 4. The lowest BCUT2D eigenvalue weighted by molar-refractivity contribution is 0.0766. The normalized spacial score (nSPS) is 14.0. The van der Waals surface area contributed by atoms with E-state index in [2.05, 4.69) is 46.3 Å². The molecule has 0 radical (unpaired) electrons. The van der Waals surface area contributed by atoms with Crippen LogP contribution in [0.5, 0.6) is 0 Å². The second-order valence-corrected chi connectivity index (χ2v) is 7.76. The van der Waals surface area contributed by atoms with Crippen LogP contribution < -0.4 is 4.90 Å². The van der Waals surface area contributed by atoms with Gasteiger partial charge in [0.1, 0.15) is 11.9 Å². The Balaban J connectivity index is 1.46. The first-order chi connectivity index (χ1) is 15.3. The maximum atomic E-state index is 13.4. The van der Waals surface area contributed by atoms with E-state index in [4.69, 9.17) is 0 Å². The van der Waals surface area contributed by atoms with Gasteiger partial charge >= 0.3 is 0 Å². The second kappa shape index (κ2) is 9.90. The summed E-state index contributed by atoms with van der Waals surface area (Å²) in [7, 11) is 0. The Morgan fingerprint density at radius 3 is 2.55 bits per heavy atom. The summed E-state index contributed by atoms with van der Waals surface area (Å²) in [5, 5.41) is 9.39. The van der Waals surface area contributed by atoms with Gasteiger partial charge in [-0.1, -0.05) is 48.5 Å². The highest BCUT2D eigenvalue weighted by Gasteiger charge is 2.23. The van der Waals surface area contributed by atoms with Gasteiger partial charge in [-0.05, 0) is 48.6 Å². The zero-order chi connectivity index (χ0) is 21.5. The van der Waals surface area contributed by atoms with Crippen LogP contribution in [0, 0.1) is 11.3 Å². The molecule has 4 rings (SSSR count). The number of carbonyl (C=O) groups excluding carboxylic acids is 1. The van der Waals surface area contributed by atoms with Crippen LogP contribution >= 0.6 is 0 Å². The van der Waals surface area contributed by atoms with E-state index in [1.807, 2.05) is 29.2 Å². The van der Waals surface area contributed by atoms with Crippen molar-refractivity contribution in [2.45, 2.75) is 19.3 Å². The lowest BCUT2D eigenvalue weighted by atomic mass is 9.99. The highest BCUT2D eigenvalue weighted by molar-refractivity contribution is 5.95. The first-order valence-electron chi connectivity index (χ1n) is 10.8. The lowest BCUT2D eigenvalue weighted by Gasteiger charge is -2.24. The molecular formula is C26H26N4O. The molecule has 1 saturated heterocycles. The fourth-order valence-electron chi connectivity index (χ4n) is 4.11. The Hall–Kier alpha value is -3.65. The number of hydrogen-bond acceptors (Lipinski definition) is 4. The fourth-order valence-corrected chi connectivity index (χ4v) is 4.11. The second-order valence-electron chi connectivity index (χ2n) is 7.76. The Labute approximate surface area is 183 Å². The molecule has 0 aliphatic carbocycles. The summed E-state index contributed by atoms with van der Waals surface area (Å²) >= 11 is 0. The fraction of sp³-hybridized carbons (Fsp3) is 0.269. The Bertz CT molecular complexity index is 1070. The third-order valence-corrected chi connectivity index (χ3v) is 5.76. The SMILES string of the molecule is N#Cc1cccnc1N1CCCN(C(=O)c2ccccc2CCc2ccccc2)CC1. The third kappa shape index (κ3) is 4.92. The quantitative estimate of drug-likeness (QED) is 0.636. The molecule has 1 aliphatic rings. The average Bonchev–Trinajstić information content (AvgIpc) is 3.09. The molecule has 1 amide bonds. The van der Waals surface area contributed by atoms with Crippen LogP contribution in [0.2, 0.25) is 0 Å². The van der Waals surface area contributed by atoms with Gasteiger partial charge in [-0.3, -0.25) is 4.79 Å². The molecule has 0 saturated carbocycles. The van der Waals surface area contributed by atoms with Crippen molar-refractivity contribution in [3.63, 3.8) is 0 Å². The Kier molecular flexibility index (Phi) is 6.59. The van der Waals surface area contributed by atoms with Crippen LogP contribution in [0.25, 0.3) is 0 Å². The Morgan fingerprint density at radius 1 is 0.903 bits per heavy atom. The van der Waals surface area contributed by atoms with Crippen molar-refractivity contribution >= 4 is 11.7 Å². The maximum absolute atomic E-state index is 13.4. The minimum atomic E-state index is 0.0899. The number of pyridine rings is 1. The molecule has 31 heavy (non-hydrogen) atoms. The number of aryl methyl sites for hydroxylation is 2. The summed E-state index contributed by atoms with van der Waals surface area (Å²) in [4.78, 5) is 21.9. The van der Waals surface area contributed by atoms with Gasteiger partial charge in [0.25, 0.3) is 5.91 Å². The van der Waals surface area contributed by atoms with E-state index in [1.165, 1.54) is 5.56 Å². The summed E-state index contributed by atoms with van der Waals surface area (Å²) in [6, 6.07) is 24.1. The predicted octanol–water partition coefficient (Wildman–Crippen LogP) is 4.09. The molecule has 1 aliphatic heterocycles. The van der Waals surface area contributed by atoms with Gasteiger partial charge < -0.3 is 9.80 Å². The summed E-state index contributed by atoms with van der Waals surface area (Å²) in [6.45, 7) is 2.78.